The first kappa shape index (κ1) is 11.7. The van der Waals surface area contributed by atoms with Gasteiger partial charge in [0.25, 0.3) is 0 Å². The molecule has 3 N–H and O–H groups in total. The van der Waals surface area contributed by atoms with Gasteiger partial charge in [0.2, 0.25) is 0 Å². The number of rotatable bonds is 3. The molecule has 1 saturated heterocycles. The van der Waals surface area contributed by atoms with Crippen molar-refractivity contribution in [2.45, 2.75) is 19.1 Å². The van der Waals surface area contributed by atoms with Crippen molar-refractivity contribution in [1.82, 2.24) is 5.32 Å². The SMILES string of the molecule is Nc1cccc(CNC(=O)O[C@H]2CCOC2)c1. The lowest BCUT2D eigenvalue weighted by Gasteiger charge is -2.11. The first-order valence-corrected chi connectivity index (χ1v) is 5.60. The second-order valence-electron chi connectivity index (χ2n) is 3.99. The van der Waals surface area contributed by atoms with Crippen LogP contribution in [-0.2, 0) is 16.0 Å². The van der Waals surface area contributed by atoms with E-state index in [1.807, 2.05) is 18.2 Å². The number of hydrogen-bond acceptors (Lipinski definition) is 4. The molecule has 92 valence electrons. The van der Waals surface area contributed by atoms with Gasteiger partial charge in [-0.15, -0.1) is 0 Å². The second kappa shape index (κ2) is 5.54. The summed E-state index contributed by atoms with van der Waals surface area (Å²) in [6.07, 6.45) is 0.241. The normalized spacial score (nSPS) is 18.9. The molecule has 1 amide bonds. The number of anilines is 1. The van der Waals surface area contributed by atoms with Gasteiger partial charge < -0.3 is 20.5 Å². The van der Waals surface area contributed by atoms with Gasteiger partial charge in [0.15, 0.2) is 0 Å². The molecule has 1 atom stereocenters. The third-order valence-corrected chi connectivity index (χ3v) is 2.55. The number of ether oxygens (including phenoxy) is 2. The van der Waals surface area contributed by atoms with Crippen molar-refractivity contribution >= 4 is 11.8 Å². The Morgan fingerprint density at radius 1 is 1.59 bits per heavy atom. The third kappa shape index (κ3) is 3.64. The Labute approximate surface area is 99.9 Å². The van der Waals surface area contributed by atoms with E-state index in [0.717, 1.165) is 12.0 Å². The molecule has 1 aliphatic rings. The lowest BCUT2D eigenvalue weighted by Crippen LogP contribution is -2.28. The summed E-state index contributed by atoms with van der Waals surface area (Å²) in [5.41, 5.74) is 7.27. The predicted octanol–water partition coefficient (Wildman–Crippen LogP) is 1.28. The van der Waals surface area contributed by atoms with Crippen molar-refractivity contribution in [1.29, 1.82) is 0 Å². The number of carbonyl (C=O) groups excluding carboxylic acids is 1. The zero-order valence-electron chi connectivity index (χ0n) is 9.52. The Morgan fingerprint density at radius 3 is 3.18 bits per heavy atom. The van der Waals surface area contributed by atoms with Gasteiger partial charge in [-0.25, -0.2) is 4.79 Å². The van der Waals surface area contributed by atoms with Crippen LogP contribution in [0.1, 0.15) is 12.0 Å². The van der Waals surface area contributed by atoms with Crippen LogP contribution in [-0.4, -0.2) is 25.4 Å². The molecule has 0 aromatic heterocycles. The van der Waals surface area contributed by atoms with Crippen LogP contribution in [0.15, 0.2) is 24.3 Å². The molecule has 1 aliphatic heterocycles. The number of amides is 1. The minimum atomic E-state index is -0.414. The molecule has 5 heteroatoms. The van der Waals surface area contributed by atoms with Crippen LogP contribution in [0, 0.1) is 0 Å². The molecule has 0 aliphatic carbocycles. The van der Waals surface area contributed by atoms with Crippen LogP contribution >= 0.6 is 0 Å². The standard InChI is InChI=1S/C12H16N2O3/c13-10-3-1-2-9(6-10)7-14-12(15)17-11-4-5-16-8-11/h1-3,6,11H,4-5,7-8,13H2,(H,14,15)/t11-/m0/s1. The average Bonchev–Trinajstić information content (AvgIpc) is 2.79. The molecule has 0 saturated carbocycles. The first-order chi connectivity index (χ1) is 8.24. The van der Waals surface area contributed by atoms with Crippen LogP contribution in [0.2, 0.25) is 0 Å². The molecule has 5 nitrogen and oxygen atoms in total. The van der Waals surface area contributed by atoms with Crippen molar-refractivity contribution in [3.05, 3.63) is 29.8 Å². The Kier molecular flexibility index (Phi) is 3.82. The molecule has 2 rings (SSSR count). The highest BCUT2D eigenvalue weighted by atomic mass is 16.6. The monoisotopic (exact) mass is 236 g/mol. The molecular weight excluding hydrogens is 220 g/mol. The summed E-state index contributed by atoms with van der Waals surface area (Å²) in [5, 5.41) is 2.68. The Bertz CT molecular complexity index is 389. The number of carbonyl (C=O) groups is 1. The van der Waals surface area contributed by atoms with Crippen molar-refractivity contribution in [3.8, 4) is 0 Å². The summed E-state index contributed by atoms with van der Waals surface area (Å²) in [4.78, 5) is 11.4. The van der Waals surface area contributed by atoms with Crippen LogP contribution in [0.4, 0.5) is 10.5 Å². The highest BCUT2D eigenvalue weighted by Gasteiger charge is 2.19. The van der Waals surface area contributed by atoms with Gasteiger partial charge in [-0.2, -0.15) is 0 Å². The highest BCUT2D eigenvalue weighted by molar-refractivity contribution is 5.67. The number of benzene rings is 1. The summed E-state index contributed by atoms with van der Waals surface area (Å²) in [6, 6.07) is 7.37. The Balaban J connectivity index is 1.75. The summed E-state index contributed by atoms with van der Waals surface area (Å²) >= 11 is 0. The molecule has 1 fully saturated rings. The van der Waals surface area contributed by atoms with Gasteiger partial charge in [-0.05, 0) is 17.7 Å². The minimum Gasteiger partial charge on any atom is -0.444 e. The number of alkyl carbamates (subject to hydrolysis) is 1. The van der Waals surface area contributed by atoms with E-state index in [1.165, 1.54) is 0 Å². The summed E-state index contributed by atoms with van der Waals surface area (Å²) in [6.45, 7) is 1.57. The number of nitrogen functional groups attached to an aromatic ring is 1. The first-order valence-electron chi connectivity index (χ1n) is 5.60. The molecule has 0 bridgehead atoms. The molecule has 1 heterocycles. The van der Waals surface area contributed by atoms with E-state index in [4.69, 9.17) is 15.2 Å². The van der Waals surface area contributed by atoms with E-state index < -0.39 is 6.09 Å². The van der Waals surface area contributed by atoms with Gasteiger partial charge in [0.1, 0.15) is 6.10 Å². The fraction of sp³-hybridized carbons (Fsp3) is 0.417. The number of hydrogen-bond donors (Lipinski definition) is 2. The molecule has 0 unspecified atom stereocenters. The van der Waals surface area contributed by atoms with E-state index in [9.17, 15) is 4.79 Å². The lowest BCUT2D eigenvalue weighted by atomic mass is 10.2. The maximum absolute atomic E-state index is 11.4. The molecular formula is C12H16N2O3. The molecule has 1 aromatic rings. The van der Waals surface area contributed by atoms with Gasteiger partial charge >= 0.3 is 6.09 Å². The van der Waals surface area contributed by atoms with Crippen molar-refractivity contribution in [2.24, 2.45) is 0 Å². The van der Waals surface area contributed by atoms with Crippen LogP contribution < -0.4 is 11.1 Å². The van der Waals surface area contributed by atoms with Gasteiger partial charge in [0.05, 0.1) is 13.2 Å². The number of nitrogens with one attached hydrogen (secondary N) is 1. The summed E-state index contributed by atoms with van der Waals surface area (Å²) in [7, 11) is 0. The van der Waals surface area contributed by atoms with Crippen molar-refractivity contribution in [2.75, 3.05) is 18.9 Å². The smallest absolute Gasteiger partial charge is 0.407 e. The topological polar surface area (TPSA) is 73.6 Å². The summed E-state index contributed by atoms with van der Waals surface area (Å²) < 4.78 is 10.3. The minimum absolute atomic E-state index is 0.115. The Hall–Kier alpha value is -1.75. The molecule has 0 radical (unpaired) electrons. The Morgan fingerprint density at radius 2 is 2.47 bits per heavy atom. The number of nitrogens with two attached hydrogens (primary N) is 1. The van der Waals surface area contributed by atoms with Gasteiger partial charge in [-0.3, -0.25) is 0 Å². The second-order valence-corrected chi connectivity index (χ2v) is 3.99. The van der Waals surface area contributed by atoms with Crippen molar-refractivity contribution in [3.63, 3.8) is 0 Å². The van der Waals surface area contributed by atoms with Crippen LogP contribution in [0.3, 0.4) is 0 Å². The quantitative estimate of drug-likeness (QED) is 0.775. The van der Waals surface area contributed by atoms with E-state index in [0.29, 0.717) is 25.4 Å². The van der Waals surface area contributed by atoms with Crippen LogP contribution in [0.25, 0.3) is 0 Å². The maximum atomic E-state index is 11.4. The average molecular weight is 236 g/mol. The largest absolute Gasteiger partial charge is 0.444 e. The zero-order chi connectivity index (χ0) is 12.1. The van der Waals surface area contributed by atoms with E-state index >= 15 is 0 Å². The molecule has 1 aromatic carbocycles. The van der Waals surface area contributed by atoms with E-state index in [2.05, 4.69) is 5.32 Å². The fourth-order valence-corrected chi connectivity index (χ4v) is 1.68. The highest BCUT2D eigenvalue weighted by Crippen LogP contribution is 2.09. The molecule has 17 heavy (non-hydrogen) atoms. The van der Waals surface area contributed by atoms with Gasteiger partial charge in [-0.1, -0.05) is 12.1 Å². The predicted molar refractivity (Wildman–Crippen MR) is 63.4 cm³/mol. The van der Waals surface area contributed by atoms with Crippen LogP contribution in [0.5, 0.6) is 0 Å². The fourth-order valence-electron chi connectivity index (χ4n) is 1.68. The van der Waals surface area contributed by atoms with Gasteiger partial charge in [0, 0.05) is 18.7 Å². The molecule has 0 spiro atoms. The van der Waals surface area contributed by atoms with E-state index in [1.54, 1.807) is 6.07 Å². The summed E-state index contributed by atoms with van der Waals surface area (Å²) in [5.74, 6) is 0. The lowest BCUT2D eigenvalue weighted by molar-refractivity contribution is 0.0828. The van der Waals surface area contributed by atoms with Crippen molar-refractivity contribution < 1.29 is 14.3 Å². The maximum Gasteiger partial charge on any atom is 0.407 e. The zero-order valence-corrected chi connectivity index (χ0v) is 9.52. The van der Waals surface area contributed by atoms with E-state index in [-0.39, 0.29) is 6.10 Å². The third-order valence-electron chi connectivity index (χ3n) is 2.55.